The molecule has 1 aliphatic rings. The van der Waals surface area contributed by atoms with Crippen LogP contribution in [0.1, 0.15) is 31.4 Å². The molecule has 0 radical (unpaired) electrons. The van der Waals surface area contributed by atoms with Gasteiger partial charge in [-0.25, -0.2) is 4.98 Å². The minimum atomic E-state index is -0.0678. The maximum absolute atomic E-state index is 12.0. The number of nitrogens with zero attached hydrogens (tertiary/aromatic N) is 2. The van der Waals surface area contributed by atoms with E-state index in [0.29, 0.717) is 18.5 Å². The van der Waals surface area contributed by atoms with Gasteiger partial charge in [-0.2, -0.15) is 0 Å². The fraction of sp³-hybridized carbons (Fsp3) is 0.583. The van der Waals surface area contributed by atoms with E-state index in [9.17, 15) is 9.59 Å². The van der Waals surface area contributed by atoms with Crippen LogP contribution in [0.25, 0.3) is 0 Å². The molecule has 1 aromatic rings. The normalized spacial score (nSPS) is 17.6. The van der Waals surface area contributed by atoms with Gasteiger partial charge in [-0.3, -0.25) is 14.2 Å². The molecule has 1 atom stereocenters. The zero-order valence-corrected chi connectivity index (χ0v) is 11.4. The summed E-state index contributed by atoms with van der Waals surface area (Å²) in [7, 11) is 0. The second kappa shape index (κ2) is 5.56. The van der Waals surface area contributed by atoms with Gasteiger partial charge in [0.15, 0.2) is 5.16 Å². The van der Waals surface area contributed by atoms with Gasteiger partial charge in [-0.15, -0.1) is 0 Å². The SMILES string of the molecule is CCCNC(=O)CC1CSc2ncc(C)c(=O)n21. The van der Waals surface area contributed by atoms with Crippen molar-refractivity contribution in [2.24, 2.45) is 0 Å². The van der Waals surface area contributed by atoms with E-state index < -0.39 is 0 Å². The van der Waals surface area contributed by atoms with Crippen LogP contribution in [0.15, 0.2) is 16.1 Å². The Balaban J connectivity index is 2.14. The molecule has 0 aromatic carbocycles. The monoisotopic (exact) mass is 267 g/mol. The zero-order chi connectivity index (χ0) is 13.1. The molecule has 18 heavy (non-hydrogen) atoms. The lowest BCUT2D eigenvalue weighted by atomic mass is 10.2. The third kappa shape index (κ3) is 2.58. The summed E-state index contributed by atoms with van der Waals surface area (Å²) in [5, 5.41) is 3.56. The van der Waals surface area contributed by atoms with Crippen LogP contribution in [0.4, 0.5) is 0 Å². The second-order valence-corrected chi connectivity index (χ2v) is 5.41. The molecule has 2 rings (SSSR count). The van der Waals surface area contributed by atoms with Crippen molar-refractivity contribution in [2.45, 2.75) is 37.9 Å². The van der Waals surface area contributed by atoms with Gasteiger partial charge >= 0.3 is 0 Å². The second-order valence-electron chi connectivity index (χ2n) is 4.42. The van der Waals surface area contributed by atoms with E-state index >= 15 is 0 Å². The number of aryl methyl sites for hydroxylation is 1. The lowest BCUT2D eigenvalue weighted by Gasteiger charge is -2.13. The van der Waals surface area contributed by atoms with E-state index in [1.807, 2.05) is 6.92 Å². The summed E-state index contributed by atoms with van der Waals surface area (Å²) in [6, 6.07) is -0.0678. The molecular weight excluding hydrogens is 250 g/mol. The number of amides is 1. The molecule has 0 spiro atoms. The molecule has 0 fully saturated rings. The molecule has 0 saturated carbocycles. The van der Waals surface area contributed by atoms with Gasteiger partial charge in [0.25, 0.3) is 5.56 Å². The highest BCUT2D eigenvalue weighted by atomic mass is 32.2. The number of hydrogen-bond donors (Lipinski definition) is 1. The van der Waals surface area contributed by atoms with Gasteiger partial charge < -0.3 is 5.32 Å². The minimum absolute atomic E-state index is 0.00343. The van der Waals surface area contributed by atoms with Crippen molar-refractivity contribution in [2.75, 3.05) is 12.3 Å². The molecule has 2 heterocycles. The van der Waals surface area contributed by atoms with Gasteiger partial charge in [0, 0.05) is 30.5 Å². The number of carbonyl (C=O) groups is 1. The van der Waals surface area contributed by atoms with E-state index in [0.717, 1.165) is 17.3 Å². The predicted octanol–water partition coefficient (Wildman–Crippen LogP) is 1.11. The van der Waals surface area contributed by atoms with Crippen LogP contribution in [-0.2, 0) is 4.79 Å². The Hall–Kier alpha value is -1.30. The first kappa shape index (κ1) is 13.1. The lowest BCUT2D eigenvalue weighted by Crippen LogP contribution is -2.31. The smallest absolute Gasteiger partial charge is 0.257 e. The number of carbonyl (C=O) groups excluding carboxylic acids is 1. The van der Waals surface area contributed by atoms with Gasteiger partial charge in [0.2, 0.25) is 5.91 Å². The maximum Gasteiger partial charge on any atom is 0.257 e. The Morgan fingerprint density at radius 1 is 1.67 bits per heavy atom. The topological polar surface area (TPSA) is 64.0 Å². The van der Waals surface area contributed by atoms with E-state index in [1.165, 1.54) is 11.8 Å². The highest BCUT2D eigenvalue weighted by Gasteiger charge is 2.27. The summed E-state index contributed by atoms with van der Waals surface area (Å²) in [6.07, 6.45) is 2.87. The number of hydrogen-bond acceptors (Lipinski definition) is 4. The van der Waals surface area contributed by atoms with Crippen molar-refractivity contribution in [3.05, 3.63) is 22.1 Å². The van der Waals surface area contributed by atoms with Crippen LogP contribution >= 0.6 is 11.8 Å². The molecule has 1 N–H and O–H groups in total. The largest absolute Gasteiger partial charge is 0.356 e. The maximum atomic E-state index is 12.0. The summed E-state index contributed by atoms with van der Waals surface area (Å²) in [4.78, 5) is 28.0. The average molecular weight is 267 g/mol. The molecule has 0 aliphatic carbocycles. The Kier molecular flexibility index (Phi) is 4.06. The first-order chi connectivity index (χ1) is 8.63. The van der Waals surface area contributed by atoms with Crippen molar-refractivity contribution >= 4 is 17.7 Å². The molecule has 6 heteroatoms. The van der Waals surface area contributed by atoms with Crippen LogP contribution < -0.4 is 10.9 Å². The Morgan fingerprint density at radius 3 is 3.17 bits per heavy atom. The Labute approximate surface area is 110 Å². The highest BCUT2D eigenvalue weighted by Crippen LogP contribution is 2.31. The van der Waals surface area contributed by atoms with Crippen molar-refractivity contribution in [1.29, 1.82) is 0 Å². The molecule has 0 bridgehead atoms. The Morgan fingerprint density at radius 2 is 2.44 bits per heavy atom. The van der Waals surface area contributed by atoms with Gasteiger partial charge in [-0.05, 0) is 13.3 Å². The molecular formula is C12H17N3O2S. The summed E-state index contributed by atoms with van der Waals surface area (Å²) in [5.41, 5.74) is 0.596. The zero-order valence-electron chi connectivity index (χ0n) is 10.6. The van der Waals surface area contributed by atoms with Gasteiger partial charge in [-0.1, -0.05) is 18.7 Å². The van der Waals surface area contributed by atoms with Crippen LogP contribution in [0.3, 0.4) is 0 Å². The number of fused-ring (bicyclic) bond motifs is 1. The van der Waals surface area contributed by atoms with E-state index in [2.05, 4.69) is 10.3 Å². The van der Waals surface area contributed by atoms with E-state index in [4.69, 9.17) is 0 Å². The van der Waals surface area contributed by atoms with Gasteiger partial charge in [0.1, 0.15) is 0 Å². The summed E-state index contributed by atoms with van der Waals surface area (Å²) >= 11 is 1.54. The predicted molar refractivity (Wildman–Crippen MR) is 70.9 cm³/mol. The third-order valence-corrected chi connectivity index (χ3v) is 4.01. The number of nitrogens with one attached hydrogen (secondary N) is 1. The van der Waals surface area contributed by atoms with Crippen molar-refractivity contribution in [1.82, 2.24) is 14.9 Å². The molecule has 1 aromatic heterocycles. The molecule has 1 amide bonds. The lowest BCUT2D eigenvalue weighted by molar-refractivity contribution is -0.121. The fourth-order valence-corrected chi connectivity index (χ4v) is 3.03. The first-order valence-corrected chi connectivity index (χ1v) is 7.09. The molecule has 5 nitrogen and oxygen atoms in total. The number of thioether (sulfide) groups is 1. The van der Waals surface area contributed by atoms with Crippen molar-refractivity contribution in [3.63, 3.8) is 0 Å². The van der Waals surface area contributed by atoms with E-state index in [1.54, 1.807) is 17.7 Å². The standard InChI is InChI=1S/C12H17N3O2S/c1-3-4-13-10(16)5-9-7-18-12-14-6-8(2)11(17)15(9)12/h6,9H,3-5,7H2,1-2H3,(H,13,16). The summed E-state index contributed by atoms with van der Waals surface area (Å²) in [6.45, 7) is 4.45. The van der Waals surface area contributed by atoms with Crippen LogP contribution in [0, 0.1) is 6.92 Å². The highest BCUT2D eigenvalue weighted by molar-refractivity contribution is 7.99. The quantitative estimate of drug-likeness (QED) is 0.830. The molecule has 0 saturated heterocycles. The molecule has 98 valence electrons. The van der Waals surface area contributed by atoms with Crippen molar-refractivity contribution in [3.8, 4) is 0 Å². The summed E-state index contributed by atoms with van der Waals surface area (Å²) < 4.78 is 1.66. The fourth-order valence-electron chi connectivity index (χ4n) is 1.92. The Bertz CT molecular complexity index is 513. The minimum Gasteiger partial charge on any atom is -0.356 e. The van der Waals surface area contributed by atoms with Crippen molar-refractivity contribution < 1.29 is 4.79 Å². The van der Waals surface area contributed by atoms with Crippen LogP contribution in [0.5, 0.6) is 0 Å². The van der Waals surface area contributed by atoms with E-state index in [-0.39, 0.29) is 17.5 Å². The third-order valence-electron chi connectivity index (χ3n) is 2.89. The number of aromatic nitrogens is 2. The average Bonchev–Trinajstić information content (AvgIpc) is 2.75. The molecule has 1 unspecified atom stereocenters. The van der Waals surface area contributed by atoms with Gasteiger partial charge in [0.05, 0.1) is 6.04 Å². The van der Waals surface area contributed by atoms with Crippen LogP contribution in [0.2, 0.25) is 0 Å². The number of rotatable bonds is 4. The van der Waals surface area contributed by atoms with Crippen LogP contribution in [-0.4, -0.2) is 27.8 Å². The molecule has 1 aliphatic heterocycles. The first-order valence-electron chi connectivity index (χ1n) is 6.11. The summed E-state index contributed by atoms with van der Waals surface area (Å²) in [5.74, 6) is 0.745.